The number of aromatic amines is 1. The van der Waals surface area contributed by atoms with Gasteiger partial charge in [-0.05, 0) is 45.7 Å². The van der Waals surface area contributed by atoms with Crippen molar-refractivity contribution in [3.8, 4) is 16.9 Å². The summed E-state index contributed by atoms with van der Waals surface area (Å²) in [6.45, 7) is 12.8. The highest BCUT2D eigenvalue weighted by atomic mass is 16.5. The lowest BCUT2D eigenvalue weighted by Gasteiger charge is -2.11. The Morgan fingerprint density at radius 3 is 2.59 bits per heavy atom. The van der Waals surface area contributed by atoms with Gasteiger partial charge >= 0.3 is 0 Å². The van der Waals surface area contributed by atoms with Crippen LogP contribution in [-0.4, -0.2) is 37.0 Å². The van der Waals surface area contributed by atoms with Gasteiger partial charge in [-0.3, -0.25) is 0 Å². The highest BCUT2D eigenvalue weighted by Gasteiger charge is 2.21. The molecule has 0 saturated carbocycles. The first-order chi connectivity index (χ1) is 16.3. The van der Waals surface area contributed by atoms with Crippen LogP contribution < -0.4 is 10.1 Å². The third-order valence-corrected chi connectivity index (χ3v) is 6.12. The summed E-state index contributed by atoms with van der Waals surface area (Å²) in [4.78, 5) is 12.9. The van der Waals surface area contributed by atoms with Crippen LogP contribution in [0.1, 0.15) is 49.7 Å². The van der Waals surface area contributed by atoms with Crippen LogP contribution >= 0.6 is 0 Å². The number of ether oxygens (including phenoxy) is 1. The molecule has 9 heteroatoms. The number of hydrogen-bond acceptors (Lipinski definition) is 7. The zero-order valence-corrected chi connectivity index (χ0v) is 20.6. The van der Waals surface area contributed by atoms with E-state index in [1.54, 1.807) is 7.11 Å². The molecular weight excluding hydrogens is 430 g/mol. The van der Waals surface area contributed by atoms with Crippen LogP contribution in [0.4, 0.5) is 11.6 Å². The fraction of sp³-hybridized carbons (Fsp3) is 0.360. The van der Waals surface area contributed by atoms with Gasteiger partial charge in [0.15, 0.2) is 0 Å². The van der Waals surface area contributed by atoms with Crippen LogP contribution in [0.2, 0.25) is 0 Å². The minimum Gasteiger partial charge on any atom is -0.496 e. The molecule has 0 unspecified atom stereocenters. The van der Waals surface area contributed by atoms with Gasteiger partial charge in [0.1, 0.15) is 34.6 Å². The van der Waals surface area contributed by atoms with E-state index < -0.39 is 0 Å². The second kappa shape index (κ2) is 8.16. The molecule has 0 bridgehead atoms. The van der Waals surface area contributed by atoms with Crippen molar-refractivity contribution in [3.63, 3.8) is 0 Å². The average Bonchev–Trinajstić information content (AvgIpc) is 3.47. The van der Waals surface area contributed by atoms with Gasteiger partial charge in [-0.25, -0.2) is 14.6 Å². The summed E-state index contributed by atoms with van der Waals surface area (Å²) < 4.78 is 13.2. The van der Waals surface area contributed by atoms with E-state index in [-0.39, 0.29) is 0 Å². The van der Waals surface area contributed by atoms with Crippen LogP contribution in [0.15, 0.2) is 22.7 Å². The highest BCUT2D eigenvalue weighted by molar-refractivity contribution is 6.13. The summed E-state index contributed by atoms with van der Waals surface area (Å²) in [6, 6.07) is 6.17. The molecule has 4 heterocycles. The Hall–Kier alpha value is -3.88. The number of rotatable bonds is 6. The molecule has 5 aromatic rings. The van der Waals surface area contributed by atoms with Gasteiger partial charge in [0.25, 0.3) is 0 Å². The molecule has 5 rings (SSSR count). The molecule has 0 spiro atoms. The van der Waals surface area contributed by atoms with Crippen molar-refractivity contribution in [1.82, 2.24) is 29.9 Å². The molecule has 0 aliphatic heterocycles. The highest BCUT2D eigenvalue weighted by Crippen LogP contribution is 2.41. The molecular formula is C25H29N7O2. The first-order valence-electron chi connectivity index (χ1n) is 11.5. The molecule has 0 atom stereocenters. The van der Waals surface area contributed by atoms with E-state index in [0.29, 0.717) is 11.7 Å². The summed E-state index contributed by atoms with van der Waals surface area (Å²) in [5, 5.41) is 14.2. The van der Waals surface area contributed by atoms with Gasteiger partial charge in [0.2, 0.25) is 0 Å². The second-order valence-electron chi connectivity index (χ2n) is 8.82. The maximum absolute atomic E-state index is 5.79. The van der Waals surface area contributed by atoms with Crippen LogP contribution in [0.3, 0.4) is 0 Å². The first-order valence-corrected chi connectivity index (χ1v) is 11.5. The second-order valence-corrected chi connectivity index (χ2v) is 8.82. The average molecular weight is 460 g/mol. The third kappa shape index (κ3) is 3.48. The molecule has 1 aromatic carbocycles. The van der Waals surface area contributed by atoms with Crippen LogP contribution in [-0.2, 0) is 6.54 Å². The smallest absolute Gasteiger partial charge is 0.145 e. The lowest BCUT2D eigenvalue weighted by Crippen LogP contribution is -2.05. The number of H-pyrrole nitrogens is 1. The minimum absolute atomic E-state index is 0.334. The predicted octanol–water partition coefficient (Wildman–Crippen LogP) is 5.78. The Morgan fingerprint density at radius 2 is 1.94 bits per heavy atom. The number of fused-ring (bicyclic) bond motifs is 3. The van der Waals surface area contributed by atoms with Gasteiger partial charge < -0.3 is 19.6 Å². The Balaban J connectivity index is 1.72. The van der Waals surface area contributed by atoms with Gasteiger partial charge in [0, 0.05) is 29.1 Å². The van der Waals surface area contributed by atoms with Crippen molar-refractivity contribution in [2.75, 3.05) is 12.4 Å². The summed E-state index contributed by atoms with van der Waals surface area (Å²) in [5.41, 5.74) is 5.40. The standard InChI is InChI=1S/C25H29N7O2/c1-8-32-21(11-18(30-32)12(2)3)29-25-23-16-10-20(33-7)17(22-13(4)31-34-14(22)5)9-19(16)28-24(23)26-15(6)27-25/h9-12H,8H2,1-7H3,(H2,26,27,28,29). The molecule has 2 N–H and O–H groups in total. The number of anilines is 2. The fourth-order valence-corrected chi connectivity index (χ4v) is 4.44. The minimum atomic E-state index is 0.334. The summed E-state index contributed by atoms with van der Waals surface area (Å²) in [7, 11) is 1.67. The lowest BCUT2D eigenvalue weighted by atomic mass is 10.0. The zero-order chi connectivity index (χ0) is 24.1. The lowest BCUT2D eigenvalue weighted by molar-refractivity contribution is 0.393. The molecule has 34 heavy (non-hydrogen) atoms. The fourth-order valence-electron chi connectivity index (χ4n) is 4.44. The van der Waals surface area contributed by atoms with Crippen molar-refractivity contribution in [2.24, 2.45) is 0 Å². The van der Waals surface area contributed by atoms with Gasteiger partial charge in [-0.15, -0.1) is 0 Å². The largest absolute Gasteiger partial charge is 0.496 e. The van der Waals surface area contributed by atoms with E-state index in [1.165, 1.54) is 0 Å². The van der Waals surface area contributed by atoms with Crippen molar-refractivity contribution >= 4 is 33.6 Å². The maximum Gasteiger partial charge on any atom is 0.145 e. The summed E-state index contributed by atoms with van der Waals surface area (Å²) in [5.74, 6) is 4.12. The molecule has 0 radical (unpaired) electrons. The molecule has 0 amide bonds. The Morgan fingerprint density at radius 1 is 1.15 bits per heavy atom. The van der Waals surface area contributed by atoms with E-state index in [4.69, 9.17) is 19.3 Å². The Bertz CT molecular complexity index is 1500. The van der Waals surface area contributed by atoms with E-state index >= 15 is 0 Å². The van der Waals surface area contributed by atoms with E-state index in [1.807, 2.05) is 31.5 Å². The van der Waals surface area contributed by atoms with E-state index in [0.717, 1.165) is 74.1 Å². The van der Waals surface area contributed by atoms with Gasteiger partial charge in [-0.1, -0.05) is 19.0 Å². The first kappa shape index (κ1) is 21.9. The van der Waals surface area contributed by atoms with Gasteiger partial charge in [0.05, 0.1) is 29.4 Å². The summed E-state index contributed by atoms with van der Waals surface area (Å²) in [6.07, 6.45) is 0. The number of benzene rings is 1. The molecule has 0 saturated heterocycles. The Labute approximate surface area is 197 Å². The number of methoxy groups -OCH3 is 1. The van der Waals surface area contributed by atoms with Crippen LogP contribution in [0.5, 0.6) is 5.75 Å². The maximum atomic E-state index is 5.79. The number of aromatic nitrogens is 6. The van der Waals surface area contributed by atoms with Crippen molar-refractivity contribution in [3.05, 3.63) is 41.2 Å². The number of hydrogen-bond donors (Lipinski definition) is 2. The third-order valence-electron chi connectivity index (χ3n) is 6.12. The predicted molar refractivity (Wildman–Crippen MR) is 133 cm³/mol. The van der Waals surface area contributed by atoms with E-state index in [9.17, 15) is 0 Å². The quantitative estimate of drug-likeness (QED) is 0.331. The molecule has 0 fully saturated rings. The molecule has 0 aliphatic rings. The van der Waals surface area contributed by atoms with Crippen LogP contribution in [0.25, 0.3) is 33.1 Å². The Kier molecular flexibility index (Phi) is 5.27. The number of nitrogens with zero attached hydrogens (tertiary/aromatic N) is 5. The number of nitrogens with one attached hydrogen (secondary N) is 2. The van der Waals surface area contributed by atoms with Crippen molar-refractivity contribution < 1.29 is 9.26 Å². The molecule has 0 aliphatic carbocycles. The van der Waals surface area contributed by atoms with E-state index in [2.05, 4.69) is 53.3 Å². The summed E-state index contributed by atoms with van der Waals surface area (Å²) >= 11 is 0. The zero-order valence-electron chi connectivity index (χ0n) is 20.6. The molecule has 176 valence electrons. The molecule has 9 nitrogen and oxygen atoms in total. The van der Waals surface area contributed by atoms with Gasteiger partial charge in [-0.2, -0.15) is 5.10 Å². The van der Waals surface area contributed by atoms with Crippen molar-refractivity contribution in [1.29, 1.82) is 0 Å². The normalized spacial score (nSPS) is 11.8. The topological polar surface area (TPSA) is 107 Å². The van der Waals surface area contributed by atoms with Crippen LogP contribution in [0, 0.1) is 20.8 Å². The monoisotopic (exact) mass is 459 g/mol. The van der Waals surface area contributed by atoms with Crippen molar-refractivity contribution in [2.45, 2.75) is 54.0 Å². The molecule has 4 aromatic heterocycles. The number of aryl methyl sites for hydroxylation is 4. The SMILES string of the molecule is CCn1nc(C(C)C)cc1Nc1nc(C)nc2[nH]c3cc(-c4c(C)noc4C)c(OC)cc3c12.